The molecule has 2 fully saturated rings. The van der Waals surface area contributed by atoms with Crippen LogP contribution in [0.3, 0.4) is 0 Å². The maximum Gasteiger partial charge on any atom is 0.166 e. The number of benzene rings is 2. The molecule has 0 heterocycles. The van der Waals surface area contributed by atoms with Gasteiger partial charge in [0.1, 0.15) is 0 Å². The van der Waals surface area contributed by atoms with Crippen LogP contribution in [0.15, 0.2) is 24.3 Å². The summed E-state index contributed by atoms with van der Waals surface area (Å²) in [6.45, 7) is 4.16. The molecule has 2 aromatic rings. The van der Waals surface area contributed by atoms with Crippen molar-refractivity contribution in [2.24, 2.45) is 17.8 Å². The van der Waals surface area contributed by atoms with Crippen molar-refractivity contribution >= 4 is 10.8 Å². The predicted molar refractivity (Wildman–Crippen MR) is 128 cm³/mol. The van der Waals surface area contributed by atoms with Gasteiger partial charge in [-0.3, -0.25) is 0 Å². The third-order valence-corrected chi connectivity index (χ3v) is 8.52. The minimum atomic E-state index is -0.666. The van der Waals surface area contributed by atoms with E-state index in [0.29, 0.717) is 23.3 Å². The number of hydrogen-bond acceptors (Lipinski definition) is 0. The van der Waals surface area contributed by atoms with Crippen LogP contribution in [0.5, 0.6) is 0 Å². The lowest BCUT2D eigenvalue weighted by atomic mass is 9.68. The van der Waals surface area contributed by atoms with Crippen molar-refractivity contribution in [3.63, 3.8) is 0 Å². The molecule has 2 heteroatoms. The molecule has 0 aromatic heterocycles. The van der Waals surface area contributed by atoms with Gasteiger partial charge in [-0.2, -0.15) is 0 Å². The molecular formula is C29H40F2. The van der Waals surface area contributed by atoms with Crippen LogP contribution in [-0.4, -0.2) is 0 Å². The summed E-state index contributed by atoms with van der Waals surface area (Å²) in [7, 11) is 0. The zero-order chi connectivity index (χ0) is 21.8. The molecule has 0 nitrogen and oxygen atoms in total. The first-order valence-corrected chi connectivity index (χ1v) is 13.0. The molecule has 0 radical (unpaired) electrons. The van der Waals surface area contributed by atoms with Gasteiger partial charge < -0.3 is 0 Å². The molecule has 2 aliphatic rings. The molecule has 0 atom stereocenters. The van der Waals surface area contributed by atoms with Gasteiger partial charge in [0.15, 0.2) is 11.6 Å². The van der Waals surface area contributed by atoms with Crippen molar-refractivity contribution in [1.29, 1.82) is 0 Å². The summed E-state index contributed by atoms with van der Waals surface area (Å²) in [5.41, 5.74) is 1.67. The lowest BCUT2D eigenvalue weighted by molar-refractivity contribution is 0.155. The number of unbranched alkanes of at least 4 members (excludes halogenated alkanes) is 2. The Balaban J connectivity index is 1.34. The van der Waals surface area contributed by atoms with Gasteiger partial charge in [-0.15, -0.1) is 0 Å². The van der Waals surface area contributed by atoms with Crippen molar-refractivity contribution in [3.05, 3.63) is 47.0 Å². The highest BCUT2D eigenvalue weighted by Gasteiger charge is 2.31. The van der Waals surface area contributed by atoms with E-state index in [-0.39, 0.29) is 0 Å². The van der Waals surface area contributed by atoms with E-state index in [1.807, 2.05) is 25.1 Å². The zero-order valence-electron chi connectivity index (χ0n) is 19.6. The van der Waals surface area contributed by atoms with Gasteiger partial charge in [-0.1, -0.05) is 64.5 Å². The molecule has 0 spiro atoms. The Hall–Kier alpha value is -1.44. The number of fused-ring (bicyclic) bond motifs is 1. The van der Waals surface area contributed by atoms with Gasteiger partial charge in [0.25, 0.3) is 0 Å². The molecule has 0 unspecified atom stereocenters. The SMILES string of the molecule is CCCCCC1CCC(C2CCC(c3ccc4cc(CC)c(F)c(F)c4c3)CC2)CC1. The summed E-state index contributed by atoms with van der Waals surface area (Å²) in [6.07, 6.45) is 16.9. The monoisotopic (exact) mass is 426 g/mol. The molecule has 0 N–H and O–H groups in total. The molecule has 4 rings (SSSR count). The Bertz CT molecular complexity index is 855. The Kier molecular flexibility index (Phi) is 7.67. The average Bonchev–Trinajstić information content (AvgIpc) is 2.82. The van der Waals surface area contributed by atoms with E-state index >= 15 is 0 Å². The largest absolute Gasteiger partial charge is 0.203 e. The van der Waals surface area contributed by atoms with Crippen molar-refractivity contribution in [2.75, 3.05) is 0 Å². The quantitative estimate of drug-likeness (QED) is 0.387. The fourth-order valence-corrected chi connectivity index (χ4v) is 6.47. The first-order valence-electron chi connectivity index (χ1n) is 13.0. The molecule has 31 heavy (non-hydrogen) atoms. The highest BCUT2D eigenvalue weighted by molar-refractivity contribution is 5.84. The van der Waals surface area contributed by atoms with Crippen molar-refractivity contribution in [3.8, 4) is 0 Å². The first kappa shape index (κ1) is 22.7. The van der Waals surface area contributed by atoms with Crippen LogP contribution in [0, 0.1) is 29.4 Å². The summed E-state index contributed by atoms with van der Waals surface area (Å²) in [5, 5.41) is 1.28. The van der Waals surface area contributed by atoms with Crippen LogP contribution < -0.4 is 0 Å². The van der Waals surface area contributed by atoms with Gasteiger partial charge >= 0.3 is 0 Å². The van der Waals surface area contributed by atoms with Crippen molar-refractivity contribution in [1.82, 2.24) is 0 Å². The second-order valence-corrected chi connectivity index (χ2v) is 10.4. The Labute approximate surface area is 187 Å². The van der Waals surface area contributed by atoms with Crippen LogP contribution >= 0.6 is 0 Å². The van der Waals surface area contributed by atoms with Gasteiger partial charge in [0.2, 0.25) is 0 Å². The lowest BCUT2D eigenvalue weighted by Crippen LogP contribution is -2.25. The molecular weight excluding hydrogens is 386 g/mol. The summed E-state index contributed by atoms with van der Waals surface area (Å²) in [4.78, 5) is 0. The Morgan fingerprint density at radius 2 is 1.45 bits per heavy atom. The molecule has 170 valence electrons. The minimum absolute atomic E-state index is 0.454. The van der Waals surface area contributed by atoms with Gasteiger partial charge in [0.05, 0.1) is 0 Å². The lowest BCUT2D eigenvalue weighted by Gasteiger charge is -2.38. The summed E-state index contributed by atoms with van der Waals surface area (Å²) in [6, 6.07) is 7.90. The van der Waals surface area contributed by atoms with E-state index in [0.717, 1.165) is 23.1 Å². The standard InChI is InChI=1S/C29H40F2/c1-3-5-6-7-20-8-10-22(11-9-20)23-12-14-24(15-13-23)25-16-17-26-18-21(4-2)28(30)29(31)27(26)19-25/h16-20,22-24H,3-15H2,1-2H3. The van der Waals surface area contributed by atoms with Gasteiger partial charge in [-0.25, -0.2) is 8.78 Å². The van der Waals surface area contributed by atoms with E-state index in [1.165, 1.54) is 82.6 Å². The second kappa shape index (κ2) is 10.5. The zero-order valence-corrected chi connectivity index (χ0v) is 19.6. The summed E-state index contributed by atoms with van der Waals surface area (Å²) < 4.78 is 29.0. The van der Waals surface area contributed by atoms with Crippen LogP contribution in [0.4, 0.5) is 8.78 Å². The van der Waals surface area contributed by atoms with Crippen LogP contribution in [-0.2, 0) is 6.42 Å². The predicted octanol–water partition coefficient (Wildman–Crippen LogP) is 9.34. The number of hydrogen-bond donors (Lipinski definition) is 0. The smallest absolute Gasteiger partial charge is 0.166 e. The van der Waals surface area contributed by atoms with E-state index in [1.54, 1.807) is 0 Å². The molecule has 0 aliphatic heterocycles. The van der Waals surface area contributed by atoms with E-state index < -0.39 is 11.6 Å². The molecule has 2 aromatic carbocycles. The normalized spacial score (nSPS) is 27.0. The minimum Gasteiger partial charge on any atom is -0.203 e. The van der Waals surface area contributed by atoms with Crippen LogP contribution in [0.1, 0.15) is 108 Å². The second-order valence-electron chi connectivity index (χ2n) is 10.4. The Morgan fingerprint density at radius 1 is 0.774 bits per heavy atom. The third kappa shape index (κ3) is 5.15. The molecule has 2 aliphatic carbocycles. The number of halogens is 2. The fraction of sp³-hybridized carbons (Fsp3) is 0.655. The van der Waals surface area contributed by atoms with Gasteiger partial charge in [0, 0.05) is 5.39 Å². The van der Waals surface area contributed by atoms with E-state index in [2.05, 4.69) is 13.0 Å². The topological polar surface area (TPSA) is 0 Å². The molecule has 0 amide bonds. The van der Waals surface area contributed by atoms with Crippen molar-refractivity contribution in [2.45, 2.75) is 103 Å². The summed E-state index contributed by atoms with van der Waals surface area (Å²) in [5.74, 6) is 1.97. The van der Waals surface area contributed by atoms with E-state index in [9.17, 15) is 8.78 Å². The van der Waals surface area contributed by atoms with Crippen LogP contribution in [0.2, 0.25) is 0 Å². The molecule has 2 saturated carbocycles. The highest BCUT2D eigenvalue weighted by atomic mass is 19.2. The first-order chi connectivity index (χ1) is 15.1. The van der Waals surface area contributed by atoms with Gasteiger partial charge in [-0.05, 0) is 97.3 Å². The highest BCUT2D eigenvalue weighted by Crippen LogP contribution is 2.45. The third-order valence-electron chi connectivity index (χ3n) is 8.52. The van der Waals surface area contributed by atoms with Crippen LogP contribution in [0.25, 0.3) is 10.8 Å². The summed E-state index contributed by atoms with van der Waals surface area (Å²) >= 11 is 0. The molecule has 0 bridgehead atoms. The maximum absolute atomic E-state index is 14.7. The van der Waals surface area contributed by atoms with Crippen molar-refractivity contribution < 1.29 is 8.78 Å². The fourth-order valence-electron chi connectivity index (χ4n) is 6.47. The number of aryl methyl sites for hydroxylation is 1. The van der Waals surface area contributed by atoms with E-state index in [4.69, 9.17) is 0 Å². The number of rotatable bonds is 7. The average molecular weight is 427 g/mol. The Morgan fingerprint density at radius 3 is 2.10 bits per heavy atom. The molecule has 0 saturated heterocycles. The maximum atomic E-state index is 14.7.